The molecule has 0 saturated heterocycles. The molecule has 1 aliphatic rings. The summed E-state index contributed by atoms with van der Waals surface area (Å²) >= 11 is 0. The summed E-state index contributed by atoms with van der Waals surface area (Å²) in [5.74, 6) is 0. The molecule has 1 aromatic heterocycles. The lowest BCUT2D eigenvalue weighted by Gasteiger charge is -2.35. The molecule has 0 atom stereocenters. The van der Waals surface area contributed by atoms with Crippen molar-refractivity contribution in [3.63, 3.8) is 0 Å². The van der Waals surface area contributed by atoms with Gasteiger partial charge in [-0.25, -0.2) is 0 Å². The molecule has 0 radical (unpaired) electrons. The molecule has 1 nitrogen and oxygen atoms in total. The van der Waals surface area contributed by atoms with Crippen LogP contribution in [0.15, 0.2) is 127 Å². The minimum absolute atomic E-state index is 0.109. The lowest BCUT2D eigenvalue weighted by atomic mass is 9.74. The molecule has 180 valence electrons. The Balaban J connectivity index is 1.34. The Kier molecular flexibility index (Phi) is 4.35. The minimum Gasteiger partial charge on any atom is -0.309 e. The summed E-state index contributed by atoms with van der Waals surface area (Å²) in [5.41, 5.74) is 11.6. The first-order chi connectivity index (χ1) is 18.6. The van der Waals surface area contributed by atoms with Crippen molar-refractivity contribution in [1.82, 2.24) is 4.57 Å². The third-order valence-electron chi connectivity index (χ3n) is 8.58. The van der Waals surface area contributed by atoms with Crippen molar-refractivity contribution >= 4 is 32.6 Å². The molecule has 7 aromatic rings. The summed E-state index contributed by atoms with van der Waals surface area (Å²) in [4.78, 5) is 0. The maximum atomic E-state index is 2.48. The van der Waals surface area contributed by atoms with Gasteiger partial charge in [0, 0.05) is 16.2 Å². The number of hydrogen-bond acceptors (Lipinski definition) is 0. The van der Waals surface area contributed by atoms with Crippen molar-refractivity contribution in [3.8, 4) is 27.9 Å². The monoisotopic (exact) mass is 485 g/mol. The van der Waals surface area contributed by atoms with Gasteiger partial charge in [0.15, 0.2) is 0 Å². The minimum atomic E-state index is -0.109. The highest BCUT2D eigenvalue weighted by Gasteiger charge is 2.35. The third-order valence-corrected chi connectivity index (χ3v) is 8.58. The summed E-state index contributed by atoms with van der Waals surface area (Å²) in [6.45, 7) is 4.75. The van der Waals surface area contributed by atoms with E-state index in [0.29, 0.717) is 0 Å². The van der Waals surface area contributed by atoms with Gasteiger partial charge in [0.25, 0.3) is 0 Å². The van der Waals surface area contributed by atoms with E-state index in [-0.39, 0.29) is 5.41 Å². The maximum absolute atomic E-state index is 2.48. The topological polar surface area (TPSA) is 4.93 Å². The van der Waals surface area contributed by atoms with Crippen LogP contribution in [0.25, 0.3) is 60.5 Å². The molecule has 8 rings (SSSR count). The van der Waals surface area contributed by atoms with Gasteiger partial charge in [0.2, 0.25) is 0 Å². The van der Waals surface area contributed by atoms with Crippen LogP contribution in [0, 0.1) is 0 Å². The van der Waals surface area contributed by atoms with E-state index >= 15 is 0 Å². The summed E-state index contributed by atoms with van der Waals surface area (Å²) in [7, 11) is 0. The van der Waals surface area contributed by atoms with Crippen LogP contribution in [0.4, 0.5) is 0 Å². The van der Waals surface area contributed by atoms with Crippen molar-refractivity contribution in [1.29, 1.82) is 0 Å². The average Bonchev–Trinajstić information content (AvgIpc) is 3.31. The van der Waals surface area contributed by atoms with Crippen LogP contribution in [0.5, 0.6) is 0 Å². The third kappa shape index (κ3) is 2.87. The van der Waals surface area contributed by atoms with Crippen LogP contribution in [0.1, 0.15) is 25.0 Å². The van der Waals surface area contributed by atoms with Gasteiger partial charge in [0.1, 0.15) is 0 Å². The summed E-state index contributed by atoms with van der Waals surface area (Å²) in [6, 6.07) is 46.9. The van der Waals surface area contributed by atoms with Crippen LogP contribution in [0.3, 0.4) is 0 Å². The number of hydrogen-bond donors (Lipinski definition) is 0. The lowest BCUT2D eigenvalue weighted by molar-refractivity contribution is 0.630. The van der Waals surface area contributed by atoms with Gasteiger partial charge < -0.3 is 4.57 Å². The molecule has 0 bridgehead atoms. The van der Waals surface area contributed by atoms with Crippen LogP contribution >= 0.6 is 0 Å². The lowest BCUT2D eigenvalue weighted by Crippen LogP contribution is -2.26. The fourth-order valence-electron chi connectivity index (χ4n) is 6.67. The predicted molar refractivity (Wildman–Crippen MR) is 161 cm³/mol. The van der Waals surface area contributed by atoms with Gasteiger partial charge in [-0.15, -0.1) is 0 Å². The molecule has 38 heavy (non-hydrogen) atoms. The molecule has 2 heterocycles. The maximum Gasteiger partial charge on any atom is 0.0582 e. The van der Waals surface area contributed by atoms with Crippen LogP contribution < -0.4 is 0 Å². The first-order valence-electron chi connectivity index (χ1n) is 13.4. The zero-order chi connectivity index (χ0) is 25.4. The molecule has 0 unspecified atom stereocenters. The highest BCUT2D eigenvalue weighted by atomic mass is 15.0. The molecule has 1 heteroatoms. The second kappa shape index (κ2) is 7.69. The van der Waals surface area contributed by atoms with Crippen molar-refractivity contribution in [2.45, 2.75) is 19.3 Å². The second-order valence-electron chi connectivity index (χ2n) is 11.0. The van der Waals surface area contributed by atoms with Crippen LogP contribution in [0.2, 0.25) is 0 Å². The molecule has 0 saturated carbocycles. The molecule has 0 N–H and O–H groups in total. The van der Waals surface area contributed by atoms with Crippen molar-refractivity contribution in [2.24, 2.45) is 0 Å². The van der Waals surface area contributed by atoms with Gasteiger partial charge in [0.05, 0.1) is 16.7 Å². The quantitative estimate of drug-likeness (QED) is 0.230. The molecule has 0 amide bonds. The fourth-order valence-corrected chi connectivity index (χ4v) is 6.67. The second-order valence-corrected chi connectivity index (χ2v) is 11.0. The van der Waals surface area contributed by atoms with Crippen molar-refractivity contribution in [2.75, 3.05) is 0 Å². The van der Waals surface area contributed by atoms with Gasteiger partial charge >= 0.3 is 0 Å². The molecule has 1 aliphatic heterocycles. The van der Waals surface area contributed by atoms with Gasteiger partial charge in [-0.1, -0.05) is 117 Å². The Morgan fingerprint density at radius 3 is 2.11 bits per heavy atom. The first-order valence-corrected chi connectivity index (χ1v) is 13.4. The summed E-state index contributed by atoms with van der Waals surface area (Å²) in [5, 5.41) is 5.22. The van der Waals surface area contributed by atoms with E-state index in [9.17, 15) is 0 Å². The number of benzene rings is 6. The fraction of sp³-hybridized carbons (Fsp3) is 0.0811. The molecular formula is C37H27N. The number of nitrogens with zero attached hydrogens (tertiary/aromatic N) is 1. The summed E-state index contributed by atoms with van der Waals surface area (Å²) < 4.78 is 2.48. The number of aromatic nitrogens is 1. The normalized spacial score (nSPS) is 13.7. The Bertz CT molecular complexity index is 2050. The van der Waals surface area contributed by atoms with E-state index in [0.717, 1.165) is 0 Å². The molecule has 6 aromatic carbocycles. The van der Waals surface area contributed by atoms with E-state index in [1.165, 1.54) is 71.6 Å². The largest absolute Gasteiger partial charge is 0.309 e. The molecule has 0 spiro atoms. The van der Waals surface area contributed by atoms with E-state index < -0.39 is 0 Å². The van der Waals surface area contributed by atoms with Crippen molar-refractivity contribution in [3.05, 3.63) is 139 Å². The van der Waals surface area contributed by atoms with Crippen LogP contribution in [-0.4, -0.2) is 4.57 Å². The smallest absolute Gasteiger partial charge is 0.0582 e. The zero-order valence-corrected chi connectivity index (χ0v) is 21.6. The standard InChI is InChI=1S/C37H27N/c1-37(2)32-18-9-17-31-30-15-5-6-19-34(30)38(36(31)32)35-21-20-26(23-33(35)37)25-12-7-13-27(22-25)29-16-8-11-24-10-3-4-14-28(24)29/h3-23H,1-2H3. The average molecular weight is 486 g/mol. The van der Waals surface area contributed by atoms with E-state index in [1.54, 1.807) is 0 Å². The Labute approximate surface area is 222 Å². The zero-order valence-electron chi connectivity index (χ0n) is 21.6. The van der Waals surface area contributed by atoms with Gasteiger partial charge in [-0.05, 0) is 68.4 Å². The molecular weight excluding hydrogens is 458 g/mol. The van der Waals surface area contributed by atoms with E-state index in [2.05, 4.69) is 146 Å². The molecule has 0 aliphatic carbocycles. The Morgan fingerprint density at radius 2 is 1.18 bits per heavy atom. The highest BCUT2D eigenvalue weighted by Crippen LogP contribution is 2.48. The predicted octanol–water partition coefficient (Wildman–Crippen LogP) is 9.91. The number of para-hydroxylation sites is 2. The highest BCUT2D eigenvalue weighted by molar-refractivity contribution is 6.11. The summed E-state index contributed by atoms with van der Waals surface area (Å²) in [6.07, 6.45) is 0. The van der Waals surface area contributed by atoms with Gasteiger partial charge in [-0.2, -0.15) is 0 Å². The van der Waals surface area contributed by atoms with E-state index in [1.807, 2.05) is 0 Å². The van der Waals surface area contributed by atoms with Gasteiger partial charge in [-0.3, -0.25) is 0 Å². The van der Waals surface area contributed by atoms with Crippen molar-refractivity contribution < 1.29 is 0 Å². The SMILES string of the molecule is CC1(C)c2cc(-c3cccc(-c4cccc5ccccc45)c3)ccc2-n2c3ccccc3c3cccc1c32. The van der Waals surface area contributed by atoms with Crippen LogP contribution in [-0.2, 0) is 5.41 Å². The number of fused-ring (bicyclic) bond motifs is 6. The molecule has 0 fully saturated rings. The Hall–Kier alpha value is -4.62. The Morgan fingerprint density at radius 1 is 0.500 bits per heavy atom. The van der Waals surface area contributed by atoms with E-state index in [4.69, 9.17) is 0 Å². The first kappa shape index (κ1) is 21.5. The number of rotatable bonds is 2.